The molecule has 1 fully saturated rings. The summed E-state index contributed by atoms with van der Waals surface area (Å²) < 4.78 is 37.8. The zero-order chi connectivity index (χ0) is 45.7. The third kappa shape index (κ3) is 11.6. The fourth-order valence-corrected chi connectivity index (χ4v) is 7.34. The summed E-state index contributed by atoms with van der Waals surface area (Å²) in [6.45, 7) is 5.56. The number of nitrogens with zero attached hydrogens (tertiary/aromatic N) is 1. The van der Waals surface area contributed by atoms with E-state index in [-0.39, 0.29) is 40.7 Å². The quantitative estimate of drug-likeness (QED) is 0.0662. The molecular weight excluding hydrogens is 829 g/mol. The number of aliphatic hydroxyl groups excluding tert-OH is 1. The number of aliphatic hydroxyl groups is 1. The van der Waals surface area contributed by atoms with Gasteiger partial charge in [0.2, 0.25) is 18.3 Å². The largest absolute Gasteiger partial charge is 0.459 e. The van der Waals surface area contributed by atoms with E-state index in [0.717, 1.165) is 22.4 Å². The summed E-state index contributed by atoms with van der Waals surface area (Å²) >= 11 is 0. The molecule has 65 heavy (non-hydrogen) atoms. The van der Waals surface area contributed by atoms with Gasteiger partial charge in [-0.3, -0.25) is 5.10 Å². The van der Waals surface area contributed by atoms with Crippen molar-refractivity contribution in [2.24, 2.45) is 0 Å². The maximum atomic E-state index is 14.1. The van der Waals surface area contributed by atoms with Crippen molar-refractivity contribution in [3.8, 4) is 5.88 Å². The molecule has 0 radical (unpaired) electrons. The number of aryl methyl sites for hydroxylation is 1. The van der Waals surface area contributed by atoms with E-state index in [1.165, 1.54) is 0 Å². The minimum Gasteiger partial charge on any atom is -0.459 e. The van der Waals surface area contributed by atoms with Gasteiger partial charge in [-0.25, -0.2) is 19.2 Å². The van der Waals surface area contributed by atoms with Crippen LogP contribution in [0.2, 0.25) is 0 Å². The third-order valence-corrected chi connectivity index (χ3v) is 10.7. The van der Waals surface area contributed by atoms with Crippen LogP contribution in [0.1, 0.15) is 95.6 Å². The molecule has 7 rings (SSSR count). The molecule has 5 unspecified atom stereocenters. The summed E-state index contributed by atoms with van der Waals surface area (Å²) in [5.41, 5.74) is 5.16. The molecule has 1 aliphatic rings. The van der Waals surface area contributed by atoms with Gasteiger partial charge in [-0.1, -0.05) is 117 Å². The summed E-state index contributed by atoms with van der Waals surface area (Å²) in [5.74, 6) is -3.08. The van der Waals surface area contributed by atoms with Crippen molar-refractivity contribution in [2.45, 2.75) is 70.2 Å². The molecule has 13 nitrogen and oxygen atoms in total. The number of hydrogen-bond acceptors (Lipinski definition) is 12. The zero-order valence-electron chi connectivity index (χ0n) is 36.2. The fourth-order valence-electron chi connectivity index (χ4n) is 7.34. The molecule has 13 heteroatoms. The molecule has 5 aromatic carbocycles. The second-order valence-corrected chi connectivity index (χ2v) is 15.7. The first-order chi connectivity index (χ1) is 31.6. The molecular formula is C52H50N2O11. The second-order valence-electron chi connectivity index (χ2n) is 15.7. The van der Waals surface area contributed by atoms with Crippen LogP contribution in [-0.4, -0.2) is 83.1 Å². The molecule has 0 aliphatic carbocycles. The van der Waals surface area contributed by atoms with Crippen molar-refractivity contribution in [1.82, 2.24) is 10.2 Å². The topological polar surface area (TPSA) is 173 Å². The molecule has 1 aliphatic heterocycles. The summed E-state index contributed by atoms with van der Waals surface area (Å²) in [5, 5.41) is 17.0. The fraction of sp³-hybridized carbons (Fsp3) is 0.250. The number of aromatic amines is 1. The average Bonchev–Trinajstić information content (AvgIpc) is 3.73. The first-order valence-corrected chi connectivity index (χ1v) is 21.4. The van der Waals surface area contributed by atoms with Gasteiger partial charge in [-0.05, 0) is 84.5 Å². The van der Waals surface area contributed by atoms with Crippen LogP contribution < -0.4 is 4.74 Å². The van der Waals surface area contributed by atoms with Crippen LogP contribution in [0.15, 0.2) is 146 Å². The van der Waals surface area contributed by atoms with E-state index in [4.69, 9.17) is 28.4 Å². The molecule has 1 aromatic heterocycles. The predicted molar refractivity (Wildman–Crippen MR) is 240 cm³/mol. The molecule has 0 bridgehead atoms. The molecule has 0 amide bonds. The Morgan fingerprint density at radius 3 is 1.71 bits per heavy atom. The van der Waals surface area contributed by atoms with Crippen molar-refractivity contribution < 1.29 is 52.7 Å². The number of rotatable bonds is 17. The SMILES string of the molecule is Cc1cc(C=CCCO)ccc1Cc1c(OC2OC(COC(=O)c3ccccc3)C(OC(=O)c3ccccc3)C(OC(=O)c3ccccc3)C2OC(=O)c2ccccc2)n[nH]c1C(C)C. The molecule has 2 N–H and O–H groups in total. The third-order valence-electron chi connectivity index (χ3n) is 10.7. The summed E-state index contributed by atoms with van der Waals surface area (Å²) in [6.07, 6.45) is -2.93. The Labute approximate surface area is 376 Å². The van der Waals surface area contributed by atoms with Crippen molar-refractivity contribution in [2.75, 3.05) is 13.2 Å². The number of benzene rings is 5. The van der Waals surface area contributed by atoms with Crippen LogP contribution in [0.4, 0.5) is 0 Å². The number of hydrogen-bond donors (Lipinski definition) is 2. The van der Waals surface area contributed by atoms with Gasteiger partial charge in [-0.2, -0.15) is 0 Å². The Kier molecular flexibility index (Phi) is 15.3. The molecule has 6 aromatic rings. The number of esters is 4. The van der Waals surface area contributed by atoms with Crippen molar-refractivity contribution in [3.63, 3.8) is 0 Å². The van der Waals surface area contributed by atoms with Crippen molar-refractivity contribution >= 4 is 30.0 Å². The highest BCUT2D eigenvalue weighted by Crippen LogP contribution is 2.35. The monoisotopic (exact) mass is 878 g/mol. The van der Waals surface area contributed by atoms with Crippen LogP contribution >= 0.6 is 0 Å². The lowest BCUT2D eigenvalue weighted by Crippen LogP contribution is -2.64. The van der Waals surface area contributed by atoms with Gasteiger partial charge in [0.05, 0.1) is 22.3 Å². The Morgan fingerprint density at radius 1 is 0.692 bits per heavy atom. The van der Waals surface area contributed by atoms with E-state index in [2.05, 4.69) is 10.2 Å². The highest BCUT2D eigenvalue weighted by molar-refractivity contribution is 5.91. The van der Waals surface area contributed by atoms with E-state index in [0.29, 0.717) is 18.4 Å². The normalized spacial score (nSPS) is 18.2. The first-order valence-electron chi connectivity index (χ1n) is 21.4. The van der Waals surface area contributed by atoms with Gasteiger partial charge in [-0.15, -0.1) is 5.10 Å². The Hall–Kier alpha value is -7.35. The average molecular weight is 879 g/mol. The predicted octanol–water partition coefficient (Wildman–Crippen LogP) is 8.47. The lowest BCUT2D eigenvalue weighted by Gasteiger charge is -2.44. The first kappa shape index (κ1) is 45.7. The molecule has 1 saturated heterocycles. The minimum atomic E-state index is -1.61. The van der Waals surface area contributed by atoms with Crippen molar-refractivity contribution in [1.29, 1.82) is 0 Å². The van der Waals surface area contributed by atoms with Gasteiger partial charge < -0.3 is 33.5 Å². The van der Waals surface area contributed by atoms with Gasteiger partial charge in [0, 0.05) is 24.3 Å². The van der Waals surface area contributed by atoms with E-state index < -0.39 is 61.2 Å². The van der Waals surface area contributed by atoms with Gasteiger partial charge in [0.1, 0.15) is 12.7 Å². The van der Waals surface area contributed by atoms with Crippen LogP contribution in [-0.2, 0) is 30.1 Å². The molecule has 5 atom stereocenters. The summed E-state index contributed by atoms with van der Waals surface area (Å²) in [4.78, 5) is 55.5. The number of nitrogens with one attached hydrogen (secondary N) is 1. The Balaban J connectivity index is 1.32. The second kappa shape index (κ2) is 21.8. The van der Waals surface area contributed by atoms with Gasteiger partial charge >= 0.3 is 23.9 Å². The summed E-state index contributed by atoms with van der Waals surface area (Å²) in [7, 11) is 0. The molecule has 2 heterocycles. The highest BCUT2D eigenvalue weighted by atomic mass is 16.7. The maximum Gasteiger partial charge on any atom is 0.338 e. The smallest absolute Gasteiger partial charge is 0.338 e. The van der Waals surface area contributed by atoms with Gasteiger partial charge in [0.15, 0.2) is 12.2 Å². The molecule has 0 saturated carbocycles. The molecule has 0 spiro atoms. The standard InChI is InChI=1S/C52H50N2O11/c1-33(2)43-41(31-40-28-27-35(30-34(40)3)18-16-17-29-55)47(54-53-43)65-52-46(64-51(59)39-25-14-7-15-26-39)45(63-50(58)38-23-12-6-13-24-38)44(62-49(57)37-21-10-5-11-22-37)42(61-52)32-60-48(56)36-19-8-4-9-20-36/h4-16,18-28,30,33,42,44-46,52,55H,17,29,31-32H2,1-3H3,(H,53,54). The van der Waals surface area contributed by atoms with Crippen LogP contribution in [0.25, 0.3) is 6.08 Å². The lowest BCUT2D eigenvalue weighted by atomic mass is 9.95. The van der Waals surface area contributed by atoms with Crippen LogP contribution in [0.5, 0.6) is 5.88 Å². The number of ether oxygens (including phenoxy) is 6. The molecule has 334 valence electrons. The maximum absolute atomic E-state index is 14.1. The van der Waals surface area contributed by atoms with E-state index in [1.807, 2.05) is 51.1 Å². The summed E-state index contributed by atoms with van der Waals surface area (Å²) in [6, 6.07) is 38.8. The lowest BCUT2D eigenvalue weighted by molar-refractivity contribution is -0.276. The Morgan fingerprint density at radius 2 is 1.20 bits per heavy atom. The van der Waals surface area contributed by atoms with E-state index in [9.17, 15) is 24.3 Å². The highest BCUT2D eigenvalue weighted by Gasteiger charge is 2.54. The number of aromatic nitrogens is 2. The zero-order valence-corrected chi connectivity index (χ0v) is 36.2. The van der Waals surface area contributed by atoms with E-state index in [1.54, 1.807) is 121 Å². The Bertz CT molecular complexity index is 2560. The minimum absolute atomic E-state index is 0.0404. The van der Waals surface area contributed by atoms with E-state index >= 15 is 0 Å². The number of carbonyl (C=O) groups is 4. The van der Waals surface area contributed by atoms with Gasteiger partial charge in [0.25, 0.3) is 0 Å². The number of H-pyrrole nitrogens is 1. The van der Waals surface area contributed by atoms with Crippen LogP contribution in [0, 0.1) is 6.92 Å². The van der Waals surface area contributed by atoms with Crippen molar-refractivity contribution in [3.05, 3.63) is 196 Å². The van der Waals surface area contributed by atoms with Crippen LogP contribution in [0.3, 0.4) is 0 Å². The number of carbonyl (C=O) groups excluding carboxylic acids is 4.